The van der Waals surface area contributed by atoms with Crippen molar-refractivity contribution in [3.05, 3.63) is 29.3 Å². The van der Waals surface area contributed by atoms with Gasteiger partial charge in [0.05, 0.1) is 24.5 Å². The number of ether oxygens (including phenoxy) is 2. The molecule has 3 fully saturated rings. The molecule has 1 spiro atoms. The zero-order valence-corrected chi connectivity index (χ0v) is 20.8. The fraction of sp³-hybridized carbons (Fsp3) is 0.625. The summed E-state index contributed by atoms with van der Waals surface area (Å²) in [4.78, 5) is 41.7. The molecular formula is C24H31BrN2O6. The molecule has 0 aliphatic carbocycles. The number of hydrogen-bond acceptors (Lipinski definition) is 6. The molecule has 2 N–H and O–H groups in total. The quantitative estimate of drug-likeness (QED) is 0.308. The molecule has 3 aliphatic rings. The zero-order chi connectivity index (χ0) is 23.9. The highest BCUT2D eigenvalue weighted by Gasteiger charge is 2.76. The van der Waals surface area contributed by atoms with Gasteiger partial charge in [-0.3, -0.25) is 14.4 Å². The number of benzene rings is 1. The summed E-state index contributed by atoms with van der Waals surface area (Å²) in [6, 6.07) is 4.89. The molecule has 180 valence electrons. The Bertz CT molecular complexity index is 935. The third-order valence-electron chi connectivity index (χ3n) is 7.13. The predicted molar refractivity (Wildman–Crippen MR) is 125 cm³/mol. The zero-order valence-electron chi connectivity index (χ0n) is 19.2. The van der Waals surface area contributed by atoms with Crippen LogP contribution in [0.25, 0.3) is 0 Å². The van der Waals surface area contributed by atoms with E-state index in [0.717, 1.165) is 16.8 Å². The molecule has 3 aliphatic heterocycles. The van der Waals surface area contributed by atoms with Crippen molar-refractivity contribution in [2.45, 2.75) is 62.6 Å². The highest BCUT2D eigenvalue weighted by molar-refractivity contribution is 9.09. The summed E-state index contributed by atoms with van der Waals surface area (Å²) >= 11 is 3.63. The summed E-state index contributed by atoms with van der Waals surface area (Å²) in [5.74, 6) is -2.56. The third-order valence-corrected chi connectivity index (χ3v) is 7.98. The van der Waals surface area contributed by atoms with Crippen LogP contribution in [0.2, 0.25) is 0 Å². The van der Waals surface area contributed by atoms with E-state index in [0.29, 0.717) is 25.8 Å². The lowest BCUT2D eigenvalue weighted by Crippen LogP contribution is -2.54. The van der Waals surface area contributed by atoms with Gasteiger partial charge in [-0.2, -0.15) is 0 Å². The second kappa shape index (κ2) is 9.35. The van der Waals surface area contributed by atoms with Crippen LogP contribution in [0.15, 0.2) is 18.2 Å². The van der Waals surface area contributed by atoms with Crippen molar-refractivity contribution in [2.24, 2.45) is 11.8 Å². The Hall–Kier alpha value is -1.97. The van der Waals surface area contributed by atoms with Crippen molar-refractivity contribution < 1.29 is 29.0 Å². The van der Waals surface area contributed by atoms with E-state index >= 15 is 0 Å². The van der Waals surface area contributed by atoms with Crippen molar-refractivity contribution in [1.82, 2.24) is 4.90 Å². The van der Waals surface area contributed by atoms with Gasteiger partial charge in [0.1, 0.15) is 11.6 Å². The first-order valence-electron chi connectivity index (χ1n) is 11.5. The van der Waals surface area contributed by atoms with Crippen LogP contribution >= 0.6 is 15.9 Å². The van der Waals surface area contributed by atoms with Gasteiger partial charge in [-0.15, -0.1) is 0 Å². The van der Waals surface area contributed by atoms with Crippen LogP contribution in [0, 0.1) is 25.7 Å². The van der Waals surface area contributed by atoms with E-state index in [4.69, 9.17) is 9.47 Å². The molecule has 3 saturated heterocycles. The first kappa shape index (κ1) is 24.2. The van der Waals surface area contributed by atoms with Crippen molar-refractivity contribution in [1.29, 1.82) is 0 Å². The van der Waals surface area contributed by atoms with Crippen molar-refractivity contribution in [3.63, 3.8) is 0 Å². The highest BCUT2D eigenvalue weighted by Crippen LogP contribution is 2.60. The maximum absolute atomic E-state index is 13.8. The molecule has 8 nitrogen and oxygen atoms in total. The summed E-state index contributed by atoms with van der Waals surface area (Å²) in [5, 5.41) is 12.3. The van der Waals surface area contributed by atoms with Gasteiger partial charge in [-0.1, -0.05) is 34.1 Å². The lowest BCUT2D eigenvalue weighted by molar-refractivity contribution is -0.154. The van der Waals surface area contributed by atoms with Crippen LogP contribution in [-0.4, -0.2) is 70.1 Å². The number of anilines is 1. The molecule has 1 aromatic carbocycles. The molecule has 6 atom stereocenters. The van der Waals surface area contributed by atoms with Gasteiger partial charge < -0.3 is 24.8 Å². The fourth-order valence-corrected chi connectivity index (χ4v) is 6.72. The average Bonchev–Trinajstić information content (AvgIpc) is 3.35. The molecule has 2 bridgehead atoms. The van der Waals surface area contributed by atoms with Crippen LogP contribution in [0.1, 0.15) is 37.3 Å². The van der Waals surface area contributed by atoms with Crippen LogP contribution in [0.5, 0.6) is 0 Å². The van der Waals surface area contributed by atoms with Crippen LogP contribution in [-0.2, 0) is 23.9 Å². The fourth-order valence-electron chi connectivity index (χ4n) is 5.78. The highest BCUT2D eigenvalue weighted by atomic mass is 79.9. The lowest BCUT2D eigenvalue weighted by Gasteiger charge is -2.34. The molecule has 4 rings (SSSR count). The maximum Gasteiger partial charge on any atom is 0.312 e. The summed E-state index contributed by atoms with van der Waals surface area (Å²) in [7, 11) is 0. The third kappa shape index (κ3) is 3.88. The average molecular weight is 523 g/mol. The summed E-state index contributed by atoms with van der Waals surface area (Å²) < 4.78 is 11.7. The first-order chi connectivity index (χ1) is 15.8. The number of rotatable bonds is 8. The number of amides is 2. The number of nitrogens with zero attached hydrogens (tertiary/aromatic N) is 1. The first-order valence-corrected chi connectivity index (χ1v) is 12.4. The Morgan fingerprint density at radius 1 is 1.30 bits per heavy atom. The minimum absolute atomic E-state index is 0.00334. The number of unbranched alkanes of at least 4 members (excludes halogenated alkanes) is 1. The molecule has 0 aromatic heterocycles. The number of likely N-dealkylation sites (tertiary alicyclic amines) is 1. The Morgan fingerprint density at radius 3 is 2.64 bits per heavy atom. The standard InChI is InChI=1S/C24H31BrN2O6/c1-4-32-23(31)16-17-22(30)27(10-5-6-11-28)20(24(17)12-15(25)19(16)33-24)21(29)26-18-13(2)8-7-9-14(18)3/h7-9,15-17,19-20,28H,4-6,10-12H2,1-3H3,(H,26,29)/t15?,16-,17+,19-,20?,24?/m1/s1. The Balaban J connectivity index is 1.72. The minimum atomic E-state index is -1.10. The van der Waals surface area contributed by atoms with Gasteiger partial charge in [0.15, 0.2) is 0 Å². The summed E-state index contributed by atoms with van der Waals surface area (Å²) in [6.45, 7) is 6.09. The van der Waals surface area contributed by atoms with Crippen LogP contribution in [0.4, 0.5) is 5.69 Å². The molecule has 9 heteroatoms. The molecule has 1 aromatic rings. The summed E-state index contributed by atoms with van der Waals surface area (Å²) in [5.41, 5.74) is 1.46. The van der Waals surface area contributed by atoms with E-state index in [9.17, 15) is 19.5 Å². The number of carbonyl (C=O) groups excluding carboxylic acids is 3. The number of aliphatic hydroxyl groups is 1. The molecule has 2 amide bonds. The number of fused-ring (bicyclic) bond motifs is 1. The number of carbonyl (C=O) groups is 3. The second-order valence-corrected chi connectivity index (χ2v) is 10.3. The van der Waals surface area contributed by atoms with Gasteiger partial charge >= 0.3 is 5.97 Å². The van der Waals surface area contributed by atoms with Crippen LogP contribution < -0.4 is 5.32 Å². The van der Waals surface area contributed by atoms with Gasteiger partial charge in [0.2, 0.25) is 11.8 Å². The van der Waals surface area contributed by atoms with E-state index in [-0.39, 0.29) is 29.9 Å². The largest absolute Gasteiger partial charge is 0.466 e. The van der Waals surface area contributed by atoms with E-state index in [1.807, 2.05) is 32.0 Å². The number of esters is 1. The summed E-state index contributed by atoms with van der Waals surface area (Å²) in [6.07, 6.45) is 0.987. The normalized spacial score (nSPS) is 32.2. The van der Waals surface area contributed by atoms with E-state index < -0.39 is 35.6 Å². The predicted octanol–water partition coefficient (Wildman–Crippen LogP) is 2.33. The Labute approximate surface area is 202 Å². The smallest absolute Gasteiger partial charge is 0.312 e. The van der Waals surface area contributed by atoms with Crippen LogP contribution in [0.3, 0.4) is 0 Å². The number of aryl methyl sites for hydroxylation is 2. The van der Waals surface area contributed by atoms with Crippen molar-refractivity contribution in [3.8, 4) is 0 Å². The number of alkyl halides is 1. The molecular weight excluding hydrogens is 492 g/mol. The number of aliphatic hydroxyl groups excluding tert-OH is 1. The van der Waals surface area contributed by atoms with E-state index in [1.54, 1.807) is 11.8 Å². The number of para-hydroxylation sites is 1. The van der Waals surface area contributed by atoms with Crippen molar-refractivity contribution in [2.75, 3.05) is 25.1 Å². The molecule has 0 radical (unpaired) electrons. The monoisotopic (exact) mass is 522 g/mol. The second-order valence-electron chi connectivity index (χ2n) is 9.13. The minimum Gasteiger partial charge on any atom is -0.466 e. The SMILES string of the molecule is CCOC(=O)[C@H]1[C@@H]2OC3(CC2Br)C(C(=O)Nc2c(C)cccc2C)N(CCCCO)C(=O)[C@H]13. The molecule has 33 heavy (non-hydrogen) atoms. The maximum atomic E-state index is 13.8. The number of halogens is 1. The molecule has 3 heterocycles. The van der Waals surface area contributed by atoms with E-state index in [1.165, 1.54) is 0 Å². The number of nitrogens with one attached hydrogen (secondary N) is 1. The van der Waals surface area contributed by atoms with Gasteiger partial charge in [0, 0.05) is 23.7 Å². The van der Waals surface area contributed by atoms with E-state index in [2.05, 4.69) is 21.2 Å². The Kier molecular flexibility index (Phi) is 6.85. The Morgan fingerprint density at radius 2 is 2.00 bits per heavy atom. The van der Waals surface area contributed by atoms with Gasteiger partial charge in [0.25, 0.3) is 0 Å². The topological polar surface area (TPSA) is 105 Å². The van der Waals surface area contributed by atoms with Crippen molar-refractivity contribution >= 4 is 39.4 Å². The molecule has 0 saturated carbocycles. The molecule has 3 unspecified atom stereocenters. The van der Waals surface area contributed by atoms with Gasteiger partial charge in [-0.05, 0) is 51.2 Å². The lowest BCUT2D eigenvalue weighted by atomic mass is 9.70. The van der Waals surface area contributed by atoms with Gasteiger partial charge in [-0.25, -0.2) is 0 Å². The number of hydrogen-bond donors (Lipinski definition) is 2.